The van der Waals surface area contributed by atoms with E-state index in [9.17, 15) is 9.18 Å². The standard InChI is InChI=1S/C18H17BrFNO3/c1-21(11-13-9-14(19)4-5-15(13)20)18(22)12-3-6-16-17(10-12)24-8-2-7-23-16/h3-6,9-10H,2,7-8,11H2,1H3. The van der Waals surface area contributed by atoms with Crippen LogP contribution in [0.4, 0.5) is 4.39 Å². The number of hydrogen-bond donors (Lipinski definition) is 0. The predicted molar refractivity (Wildman–Crippen MR) is 91.9 cm³/mol. The van der Waals surface area contributed by atoms with Crippen molar-refractivity contribution in [2.75, 3.05) is 20.3 Å². The number of rotatable bonds is 3. The van der Waals surface area contributed by atoms with Crippen LogP contribution in [-0.4, -0.2) is 31.1 Å². The van der Waals surface area contributed by atoms with Gasteiger partial charge >= 0.3 is 0 Å². The Balaban J connectivity index is 1.78. The van der Waals surface area contributed by atoms with Gasteiger partial charge in [0.15, 0.2) is 11.5 Å². The molecule has 24 heavy (non-hydrogen) atoms. The second-order valence-corrected chi connectivity index (χ2v) is 6.52. The van der Waals surface area contributed by atoms with Crippen LogP contribution in [0.15, 0.2) is 40.9 Å². The van der Waals surface area contributed by atoms with Crippen molar-refractivity contribution >= 4 is 21.8 Å². The highest BCUT2D eigenvalue weighted by Gasteiger charge is 2.18. The first-order chi connectivity index (χ1) is 11.5. The average Bonchev–Trinajstić information content (AvgIpc) is 2.82. The summed E-state index contributed by atoms with van der Waals surface area (Å²) < 4.78 is 25.8. The molecule has 0 atom stereocenters. The maximum atomic E-state index is 13.9. The van der Waals surface area contributed by atoms with Crippen LogP contribution >= 0.6 is 15.9 Å². The highest BCUT2D eigenvalue weighted by molar-refractivity contribution is 9.10. The van der Waals surface area contributed by atoms with Crippen LogP contribution in [-0.2, 0) is 6.54 Å². The van der Waals surface area contributed by atoms with Gasteiger partial charge in [-0.05, 0) is 36.4 Å². The molecule has 0 fully saturated rings. The smallest absolute Gasteiger partial charge is 0.254 e. The number of amides is 1. The molecular formula is C18H17BrFNO3. The fraction of sp³-hybridized carbons (Fsp3) is 0.278. The molecule has 0 saturated heterocycles. The largest absolute Gasteiger partial charge is 0.490 e. The summed E-state index contributed by atoms with van der Waals surface area (Å²) in [5.74, 6) is 0.673. The van der Waals surface area contributed by atoms with E-state index in [1.807, 2.05) is 0 Å². The van der Waals surface area contributed by atoms with Gasteiger partial charge in [-0.3, -0.25) is 4.79 Å². The van der Waals surface area contributed by atoms with E-state index < -0.39 is 0 Å². The van der Waals surface area contributed by atoms with Crippen molar-refractivity contribution in [2.24, 2.45) is 0 Å². The van der Waals surface area contributed by atoms with Crippen molar-refractivity contribution < 1.29 is 18.7 Å². The summed E-state index contributed by atoms with van der Waals surface area (Å²) in [7, 11) is 1.64. The molecule has 0 aliphatic carbocycles. The zero-order valence-electron chi connectivity index (χ0n) is 13.2. The zero-order valence-corrected chi connectivity index (χ0v) is 14.8. The first kappa shape index (κ1) is 16.8. The lowest BCUT2D eigenvalue weighted by atomic mass is 10.1. The van der Waals surface area contributed by atoms with Gasteiger partial charge in [0, 0.05) is 35.6 Å². The minimum atomic E-state index is -0.337. The highest BCUT2D eigenvalue weighted by atomic mass is 79.9. The summed E-state index contributed by atoms with van der Waals surface area (Å²) in [5.41, 5.74) is 0.937. The molecule has 0 N–H and O–H groups in total. The Morgan fingerprint density at radius 2 is 1.92 bits per heavy atom. The van der Waals surface area contributed by atoms with Crippen LogP contribution in [0.3, 0.4) is 0 Å². The Bertz CT molecular complexity index is 766. The second-order valence-electron chi connectivity index (χ2n) is 5.61. The van der Waals surface area contributed by atoms with Crippen molar-refractivity contribution in [3.05, 3.63) is 57.8 Å². The average molecular weight is 394 g/mol. The normalized spacial score (nSPS) is 13.3. The lowest BCUT2D eigenvalue weighted by Gasteiger charge is -2.18. The van der Waals surface area contributed by atoms with Gasteiger partial charge in [-0.15, -0.1) is 0 Å². The SMILES string of the molecule is CN(Cc1cc(Br)ccc1F)C(=O)c1ccc2c(c1)OCCCO2. The topological polar surface area (TPSA) is 38.8 Å². The third-order valence-electron chi connectivity index (χ3n) is 3.76. The number of ether oxygens (including phenoxy) is 2. The number of carbonyl (C=O) groups excluding carboxylic acids is 1. The number of benzene rings is 2. The summed E-state index contributed by atoms with van der Waals surface area (Å²) >= 11 is 3.32. The Morgan fingerprint density at radius 1 is 1.17 bits per heavy atom. The molecule has 0 saturated carbocycles. The minimum Gasteiger partial charge on any atom is -0.490 e. The molecule has 0 aromatic heterocycles. The first-order valence-electron chi connectivity index (χ1n) is 7.63. The molecule has 2 aromatic rings. The van der Waals surface area contributed by atoms with Crippen molar-refractivity contribution in [1.82, 2.24) is 4.90 Å². The van der Waals surface area contributed by atoms with Crippen LogP contribution in [0.1, 0.15) is 22.3 Å². The monoisotopic (exact) mass is 393 g/mol. The molecule has 1 aliphatic rings. The van der Waals surface area contributed by atoms with E-state index in [-0.39, 0.29) is 18.3 Å². The zero-order chi connectivity index (χ0) is 17.1. The molecule has 0 spiro atoms. The summed E-state index contributed by atoms with van der Waals surface area (Å²) in [5, 5.41) is 0. The lowest BCUT2D eigenvalue weighted by Crippen LogP contribution is -2.26. The molecule has 0 radical (unpaired) electrons. The van der Waals surface area contributed by atoms with Gasteiger partial charge < -0.3 is 14.4 Å². The predicted octanol–water partition coefficient (Wildman–Crippen LogP) is 4.02. The van der Waals surface area contributed by atoms with Gasteiger partial charge in [0.1, 0.15) is 5.82 Å². The van der Waals surface area contributed by atoms with Gasteiger partial charge in [0.05, 0.1) is 13.2 Å². The summed E-state index contributed by atoms with van der Waals surface area (Å²) in [6, 6.07) is 9.80. The van der Waals surface area contributed by atoms with Crippen LogP contribution < -0.4 is 9.47 Å². The maximum Gasteiger partial charge on any atom is 0.254 e. The Kier molecular flexibility index (Phi) is 5.04. The number of hydrogen-bond acceptors (Lipinski definition) is 3. The number of nitrogens with zero attached hydrogens (tertiary/aromatic N) is 1. The van der Waals surface area contributed by atoms with E-state index in [4.69, 9.17) is 9.47 Å². The fourth-order valence-electron chi connectivity index (χ4n) is 2.51. The Morgan fingerprint density at radius 3 is 2.71 bits per heavy atom. The Labute approximate surface area is 148 Å². The van der Waals surface area contributed by atoms with Gasteiger partial charge in [0.25, 0.3) is 5.91 Å². The van der Waals surface area contributed by atoms with Gasteiger partial charge in [-0.25, -0.2) is 4.39 Å². The van der Waals surface area contributed by atoms with Crippen LogP contribution in [0, 0.1) is 5.82 Å². The van der Waals surface area contributed by atoms with Crippen molar-refractivity contribution in [3.8, 4) is 11.5 Å². The van der Waals surface area contributed by atoms with E-state index in [1.54, 1.807) is 37.4 Å². The van der Waals surface area contributed by atoms with Crippen LogP contribution in [0.5, 0.6) is 11.5 Å². The molecule has 3 rings (SSSR count). The number of carbonyl (C=O) groups is 1. The molecule has 1 aliphatic heterocycles. The van der Waals surface area contributed by atoms with E-state index >= 15 is 0 Å². The molecule has 0 unspecified atom stereocenters. The van der Waals surface area contributed by atoms with E-state index in [0.717, 1.165) is 10.9 Å². The molecule has 4 nitrogen and oxygen atoms in total. The van der Waals surface area contributed by atoms with Crippen molar-refractivity contribution in [2.45, 2.75) is 13.0 Å². The van der Waals surface area contributed by atoms with Crippen LogP contribution in [0.2, 0.25) is 0 Å². The number of halogens is 2. The quantitative estimate of drug-likeness (QED) is 0.790. The third kappa shape index (κ3) is 3.70. The molecule has 2 aromatic carbocycles. The lowest BCUT2D eigenvalue weighted by molar-refractivity contribution is 0.0783. The first-order valence-corrected chi connectivity index (χ1v) is 8.43. The maximum absolute atomic E-state index is 13.9. The molecule has 126 valence electrons. The van der Waals surface area contributed by atoms with Crippen LogP contribution in [0.25, 0.3) is 0 Å². The molecule has 0 bridgehead atoms. The highest BCUT2D eigenvalue weighted by Crippen LogP contribution is 2.31. The second kappa shape index (κ2) is 7.21. The van der Waals surface area contributed by atoms with E-state index in [1.165, 1.54) is 11.0 Å². The van der Waals surface area contributed by atoms with E-state index in [2.05, 4.69) is 15.9 Å². The Hall–Kier alpha value is -2.08. The summed E-state index contributed by atoms with van der Waals surface area (Å²) in [4.78, 5) is 14.1. The summed E-state index contributed by atoms with van der Waals surface area (Å²) in [6.07, 6.45) is 0.806. The number of fused-ring (bicyclic) bond motifs is 1. The fourth-order valence-corrected chi connectivity index (χ4v) is 2.92. The van der Waals surface area contributed by atoms with E-state index in [0.29, 0.717) is 35.8 Å². The van der Waals surface area contributed by atoms with Gasteiger partial charge in [-0.1, -0.05) is 15.9 Å². The van der Waals surface area contributed by atoms with Gasteiger partial charge in [-0.2, -0.15) is 0 Å². The summed E-state index contributed by atoms with van der Waals surface area (Å²) in [6.45, 7) is 1.34. The molecule has 1 heterocycles. The third-order valence-corrected chi connectivity index (χ3v) is 4.25. The molecular weight excluding hydrogens is 377 g/mol. The van der Waals surface area contributed by atoms with Crippen molar-refractivity contribution in [1.29, 1.82) is 0 Å². The minimum absolute atomic E-state index is 0.179. The molecule has 1 amide bonds. The van der Waals surface area contributed by atoms with Crippen molar-refractivity contribution in [3.63, 3.8) is 0 Å². The molecule has 6 heteroatoms. The van der Waals surface area contributed by atoms with Gasteiger partial charge in [0.2, 0.25) is 0 Å².